The topological polar surface area (TPSA) is 82.6 Å². The molecule has 0 saturated heterocycles. The van der Waals surface area contributed by atoms with Gasteiger partial charge in [0.05, 0.1) is 29.1 Å². The van der Waals surface area contributed by atoms with Crippen LogP contribution in [0.3, 0.4) is 0 Å². The van der Waals surface area contributed by atoms with Crippen molar-refractivity contribution in [2.24, 2.45) is 0 Å². The minimum atomic E-state index is -1.77. The Balaban J connectivity index is 1.42. The lowest BCUT2D eigenvalue weighted by Gasteiger charge is -2.06. The molecule has 0 atom stereocenters. The molecule has 3 heterocycles. The van der Waals surface area contributed by atoms with Crippen molar-refractivity contribution in [2.45, 2.75) is 13.2 Å². The van der Waals surface area contributed by atoms with Crippen molar-refractivity contribution in [1.29, 1.82) is 0 Å². The third-order valence-electron chi connectivity index (χ3n) is 4.19. The van der Waals surface area contributed by atoms with Gasteiger partial charge in [0.2, 0.25) is 0 Å². The highest BCUT2D eigenvalue weighted by atomic mass is 79.9. The van der Waals surface area contributed by atoms with Gasteiger partial charge < -0.3 is 5.32 Å². The molecule has 1 N–H and O–H groups in total. The normalized spacial score (nSPS) is 11.1. The smallest absolute Gasteiger partial charge is 0.276 e. The van der Waals surface area contributed by atoms with Gasteiger partial charge in [-0.15, -0.1) is 0 Å². The summed E-state index contributed by atoms with van der Waals surface area (Å²) >= 11 is 3.29. The first-order valence-electron chi connectivity index (χ1n) is 8.67. The average Bonchev–Trinajstić information content (AvgIpc) is 3.46. The first kappa shape index (κ1) is 20.8. The molecule has 3 aromatic heterocycles. The number of amides is 1. The van der Waals surface area contributed by atoms with Crippen LogP contribution in [0.5, 0.6) is 0 Å². The van der Waals surface area contributed by atoms with Crippen molar-refractivity contribution in [1.82, 2.24) is 29.3 Å². The Morgan fingerprint density at radius 2 is 1.77 bits per heavy atom. The number of nitrogens with zero attached hydrogens (tertiary/aromatic N) is 6. The van der Waals surface area contributed by atoms with E-state index < -0.39 is 41.3 Å². The van der Waals surface area contributed by atoms with E-state index in [2.05, 4.69) is 36.5 Å². The molecule has 0 aliphatic heterocycles. The van der Waals surface area contributed by atoms with E-state index in [1.54, 1.807) is 23.3 Å². The number of anilines is 1. The van der Waals surface area contributed by atoms with E-state index >= 15 is 0 Å². The second kappa shape index (κ2) is 8.34. The molecule has 1 aromatic carbocycles. The fourth-order valence-corrected chi connectivity index (χ4v) is 3.07. The molecule has 0 saturated carbocycles. The molecule has 0 unspecified atom stereocenters. The maximum atomic E-state index is 13.8. The molecular formula is C18H12BrF4N7O. The fourth-order valence-electron chi connectivity index (χ4n) is 2.75. The van der Waals surface area contributed by atoms with Crippen LogP contribution in [0.2, 0.25) is 0 Å². The molecule has 0 aliphatic rings. The van der Waals surface area contributed by atoms with E-state index in [4.69, 9.17) is 0 Å². The minimum absolute atomic E-state index is 0.122. The lowest BCUT2D eigenvalue weighted by atomic mass is 10.2. The number of benzene rings is 1. The van der Waals surface area contributed by atoms with Gasteiger partial charge in [0, 0.05) is 30.2 Å². The number of halogens is 5. The zero-order valence-electron chi connectivity index (χ0n) is 15.4. The second-order valence-corrected chi connectivity index (χ2v) is 7.32. The summed E-state index contributed by atoms with van der Waals surface area (Å²) in [6.45, 7) is -0.207. The lowest BCUT2D eigenvalue weighted by molar-refractivity contribution is 0.102. The van der Waals surface area contributed by atoms with Crippen LogP contribution >= 0.6 is 15.9 Å². The van der Waals surface area contributed by atoms with Gasteiger partial charge >= 0.3 is 0 Å². The average molecular weight is 498 g/mol. The molecule has 4 aromatic rings. The zero-order valence-corrected chi connectivity index (χ0v) is 17.0. The van der Waals surface area contributed by atoms with Crippen LogP contribution in [-0.4, -0.2) is 35.2 Å². The van der Waals surface area contributed by atoms with Crippen LogP contribution in [0.4, 0.5) is 23.2 Å². The van der Waals surface area contributed by atoms with Gasteiger partial charge in [-0.05, 0) is 22.0 Å². The highest BCUT2D eigenvalue weighted by molar-refractivity contribution is 9.10. The molecular weight excluding hydrogens is 486 g/mol. The standard InChI is InChI=1S/C18H12BrF4N7O/c19-10-4-24-30(6-10)9-28-2-1-15(27-28)18(31)26-11-5-25-29(7-11)8-12-13(20)3-14(21)17(23)16(12)22/h1-7H,8-9H2,(H,26,31). The molecule has 0 aliphatic carbocycles. The van der Waals surface area contributed by atoms with E-state index in [9.17, 15) is 22.4 Å². The molecule has 13 heteroatoms. The molecule has 31 heavy (non-hydrogen) atoms. The van der Waals surface area contributed by atoms with Crippen LogP contribution in [0.1, 0.15) is 16.1 Å². The predicted octanol–water partition coefficient (Wildman–Crippen LogP) is 3.40. The molecule has 4 rings (SSSR count). The molecule has 0 spiro atoms. The van der Waals surface area contributed by atoms with Gasteiger partial charge in [-0.3, -0.25) is 14.2 Å². The molecule has 8 nitrogen and oxygen atoms in total. The monoisotopic (exact) mass is 497 g/mol. The van der Waals surface area contributed by atoms with Crippen LogP contribution in [0, 0.1) is 23.3 Å². The predicted molar refractivity (Wildman–Crippen MR) is 103 cm³/mol. The van der Waals surface area contributed by atoms with E-state index in [1.165, 1.54) is 23.1 Å². The third-order valence-corrected chi connectivity index (χ3v) is 4.59. The summed E-state index contributed by atoms with van der Waals surface area (Å²) in [5.41, 5.74) is -0.348. The minimum Gasteiger partial charge on any atom is -0.318 e. The Morgan fingerprint density at radius 1 is 1.00 bits per heavy atom. The number of rotatable bonds is 6. The van der Waals surface area contributed by atoms with E-state index in [1.807, 2.05) is 0 Å². The van der Waals surface area contributed by atoms with Crippen molar-refractivity contribution in [3.8, 4) is 0 Å². The Morgan fingerprint density at radius 3 is 2.52 bits per heavy atom. The third kappa shape index (κ3) is 4.50. The Kier molecular flexibility index (Phi) is 5.59. The number of hydrogen-bond donors (Lipinski definition) is 1. The van der Waals surface area contributed by atoms with Gasteiger partial charge in [-0.25, -0.2) is 22.2 Å². The number of nitrogens with one attached hydrogen (secondary N) is 1. The van der Waals surface area contributed by atoms with Crippen LogP contribution in [0.15, 0.2) is 47.6 Å². The van der Waals surface area contributed by atoms with E-state index in [0.717, 1.165) is 9.15 Å². The first-order valence-corrected chi connectivity index (χ1v) is 9.46. The second-order valence-electron chi connectivity index (χ2n) is 6.41. The van der Waals surface area contributed by atoms with Crippen LogP contribution in [-0.2, 0) is 13.2 Å². The molecule has 1 amide bonds. The van der Waals surface area contributed by atoms with E-state index in [0.29, 0.717) is 6.67 Å². The van der Waals surface area contributed by atoms with Crippen molar-refractivity contribution >= 4 is 27.5 Å². The summed E-state index contributed by atoms with van der Waals surface area (Å²) in [7, 11) is 0. The van der Waals surface area contributed by atoms with Gasteiger partial charge in [-0.1, -0.05) is 0 Å². The molecule has 0 fully saturated rings. The van der Waals surface area contributed by atoms with Gasteiger partial charge in [-0.2, -0.15) is 15.3 Å². The Bertz CT molecular complexity index is 1270. The van der Waals surface area contributed by atoms with Crippen molar-refractivity contribution < 1.29 is 22.4 Å². The number of hydrogen-bond acceptors (Lipinski definition) is 4. The number of aromatic nitrogens is 6. The largest absolute Gasteiger partial charge is 0.318 e. The summed E-state index contributed by atoms with van der Waals surface area (Å²) in [6.07, 6.45) is 7.49. The van der Waals surface area contributed by atoms with Crippen LogP contribution < -0.4 is 5.32 Å². The molecule has 160 valence electrons. The molecule has 0 radical (unpaired) electrons. The van der Waals surface area contributed by atoms with Gasteiger partial charge in [0.25, 0.3) is 5.91 Å². The number of carbonyl (C=O) groups excluding carboxylic acids is 1. The summed E-state index contributed by atoms with van der Waals surface area (Å²) in [5.74, 6) is -6.80. The summed E-state index contributed by atoms with van der Waals surface area (Å²) in [5, 5.41) is 14.7. The SMILES string of the molecule is O=C(Nc1cnn(Cc2c(F)cc(F)c(F)c2F)c1)c1ccn(Cn2cc(Br)cn2)n1. The lowest BCUT2D eigenvalue weighted by Crippen LogP contribution is -2.14. The molecule has 0 bridgehead atoms. The maximum Gasteiger partial charge on any atom is 0.276 e. The zero-order chi connectivity index (χ0) is 22.1. The van der Waals surface area contributed by atoms with Crippen molar-refractivity contribution in [2.75, 3.05) is 5.32 Å². The van der Waals surface area contributed by atoms with Crippen molar-refractivity contribution in [3.63, 3.8) is 0 Å². The first-order chi connectivity index (χ1) is 14.8. The fraction of sp³-hybridized carbons (Fsp3) is 0.111. The quantitative estimate of drug-likeness (QED) is 0.251. The highest BCUT2D eigenvalue weighted by Gasteiger charge is 2.20. The van der Waals surface area contributed by atoms with E-state index in [-0.39, 0.29) is 17.4 Å². The highest BCUT2D eigenvalue weighted by Crippen LogP contribution is 2.20. The maximum absolute atomic E-state index is 13.8. The number of carbonyl (C=O) groups is 1. The Hall–Kier alpha value is -3.48. The van der Waals surface area contributed by atoms with Gasteiger partial charge in [0.1, 0.15) is 12.5 Å². The summed E-state index contributed by atoms with van der Waals surface area (Å²) in [6, 6.07) is 1.77. The van der Waals surface area contributed by atoms with Crippen molar-refractivity contribution in [3.05, 3.63) is 82.1 Å². The summed E-state index contributed by atoms with van der Waals surface area (Å²) < 4.78 is 59.0. The van der Waals surface area contributed by atoms with Crippen LogP contribution in [0.25, 0.3) is 0 Å². The van der Waals surface area contributed by atoms with Gasteiger partial charge in [0.15, 0.2) is 23.1 Å². The Labute approximate surface area is 180 Å². The summed E-state index contributed by atoms with van der Waals surface area (Å²) in [4.78, 5) is 12.4.